The number of benzene rings is 2. The number of methoxy groups -OCH3 is 1. The fourth-order valence-electron chi connectivity index (χ4n) is 3.19. The Morgan fingerprint density at radius 2 is 1.35 bits per heavy atom. The van der Waals surface area contributed by atoms with Crippen molar-refractivity contribution in [2.75, 3.05) is 7.11 Å². The molecule has 0 bridgehead atoms. The number of ether oxygens (including phenoxy) is 3. The Kier molecular flexibility index (Phi) is 7.79. The molecule has 172 valence electrons. The molecule has 2 aromatic carbocycles. The molecular formula is C24H34O6S. The van der Waals surface area contributed by atoms with Crippen LogP contribution in [0.15, 0.2) is 41.3 Å². The van der Waals surface area contributed by atoms with Crippen molar-refractivity contribution in [1.29, 1.82) is 0 Å². The Morgan fingerprint density at radius 3 is 1.71 bits per heavy atom. The number of hydrogen-bond donors (Lipinski definition) is 1. The molecule has 0 radical (unpaired) electrons. The van der Waals surface area contributed by atoms with Crippen LogP contribution in [0.1, 0.15) is 71.4 Å². The standard InChI is InChI=1S/C24H34O6S/c1-15(2)20-13-18(30-23(28-8)24(5,6)7)14-21(16(3)4)22(20)29-17-9-11-19(12-10-17)31(25,26)27/h9-16,23H,1-8H3,(H,25,26,27). The molecule has 0 aliphatic rings. The summed E-state index contributed by atoms with van der Waals surface area (Å²) >= 11 is 0. The van der Waals surface area contributed by atoms with Gasteiger partial charge in [0.15, 0.2) is 0 Å². The van der Waals surface area contributed by atoms with Crippen LogP contribution < -0.4 is 9.47 Å². The van der Waals surface area contributed by atoms with E-state index in [-0.39, 0.29) is 22.1 Å². The van der Waals surface area contributed by atoms with E-state index in [4.69, 9.17) is 14.2 Å². The molecular weight excluding hydrogens is 416 g/mol. The van der Waals surface area contributed by atoms with E-state index >= 15 is 0 Å². The quantitative estimate of drug-likeness (QED) is 0.372. The van der Waals surface area contributed by atoms with Crippen molar-refractivity contribution in [3.63, 3.8) is 0 Å². The predicted octanol–water partition coefficient (Wildman–Crippen LogP) is 6.37. The highest BCUT2D eigenvalue weighted by Crippen LogP contribution is 2.41. The van der Waals surface area contributed by atoms with Gasteiger partial charge in [-0.2, -0.15) is 8.42 Å². The third-order valence-electron chi connectivity index (χ3n) is 4.87. The van der Waals surface area contributed by atoms with E-state index in [1.165, 1.54) is 24.3 Å². The second kappa shape index (κ2) is 9.59. The molecule has 1 N–H and O–H groups in total. The van der Waals surface area contributed by atoms with Crippen LogP contribution in [0.3, 0.4) is 0 Å². The summed E-state index contributed by atoms with van der Waals surface area (Å²) in [6.07, 6.45) is -0.410. The van der Waals surface area contributed by atoms with Gasteiger partial charge in [-0.15, -0.1) is 0 Å². The van der Waals surface area contributed by atoms with Gasteiger partial charge in [0.2, 0.25) is 6.29 Å². The summed E-state index contributed by atoms with van der Waals surface area (Å²) in [7, 11) is -2.62. The third kappa shape index (κ3) is 6.45. The lowest BCUT2D eigenvalue weighted by Crippen LogP contribution is -2.33. The normalized spacial score (nSPS) is 13.5. The minimum Gasteiger partial charge on any atom is -0.464 e. The minimum atomic E-state index is -4.25. The zero-order valence-corrected chi connectivity index (χ0v) is 20.4. The third-order valence-corrected chi connectivity index (χ3v) is 5.74. The Balaban J connectivity index is 2.51. The first-order valence-corrected chi connectivity index (χ1v) is 11.8. The topological polar surface area (TPSA) is 82.1 Å². The van der Waals surface area contributed by atoms with Crippen LogP contribution in [0, 0.1) is 5.41 Å². The first kappa shape index (κ1) is 25.2. The average molecular weight is 451 g/mol. The van der Waals surface area contributed by atoms with Gasteiger partial charge in [0.1, 0.15) is 17.2 Å². The average Bonchev–Trinajstić information content (AvgIpc) is 2.65. The highest BCUT2D eigenvalue weighted by Gasteiger charge is 2.28. The maximum atomic E-state index is 11.3. The van der Waals surface area contributed by atoms with Crippen molar-refractivity contribution < 1.29 is 27.2 Å². The van der Waals surface area contributed by atoms with Gasteiger partial charge in [-0.05, 0) is 48.2 Å². The van der Waals surface area contributed by atoms with Gasteiger partial charge in [-0.3, -0.25) is 4.55 Å². The van der Waals surface area contributed by atoms with Crippen molar-refractivity contribution in [1.82, 2.24) is 0 Å². The minimum absolute atomic E-state index is 0.156. The fourth-order valence-corrected chi connectivity index (χ4v) is 3.67. The van der Waals surface area contributed by atoms with Crippen molar-refractivity contribution in [3.05, 3.63) is 47.5 Å². The molecule has 0 saturated carbocycles. The molecule has 6 nitrogen and oxygen atoms in total. The Labute approximate surface area is 186 Å². The summed E-state index contributed by atoms with van der Waals surface area (Å²) in [4.78, 5) is -0.176. The molecule has 1 unspecified atom stereocenters. The van der Waals surface area contributed by atoms with E-state index in [2.05, 4.69) is 48.5 Å². The molecule has 2 aromatic rings. The van der Waals surface area contributed by atoms with Crippen LogP contribution in [-0.2, 0) is 14.9 Å². The lowest BCUT2D eigenvalue weighted by molar-refractivity contribution is -0.120. The van der Waals surface area contributed by atoms with Crippen molar-refractivity contribution in [2.45, 2.75) is 71.5 Å². The lowest BCUT2D eigenvalue weighted by Gasteiger charge is -2.30. The maximum absolute atomic E-state index is 11.3. The van der Waals surface area contributed by atoms with Gasteiger partial charge < -0.3 is 14.2 Å². The lowest BCUT2D eigenvalue weighted by atomic mass is 9.93. The highest BCUT2D eigenvalue weighted by atomic mass is 32.2. The second-order valence-corrected chi connectivity index (χ2v) is 10.8. The first-order chi connectivity index (χ1) is 14.2. The van der Waals surface area contributed by atoms with Gasteiger partial charge in [0.25, 0.3) is 10.1 Å². The largest absolute Gasteiger partial charge is 0.464 e. The van der Waals surface area contributed by atoms with Crippen molar-refractivity contribution in [3.8, 4) is 17.2 Å². The van der Waals surface area contributed by atoms with Gasteiger partial charge in [-0.25, -0.2) is 0 Å². The molecule has 0 aliphatic carbocycles. The van der Waals surface area contributed by atoms with Gasteiger partial charge >= 0.3 is 0 Å². The van der Waals surface area contributed by atoms with Gasteiger partial charge in [0.05, 0.1) is 4.90 Å². The maximum Gasteiger partial charge on any atom is 0.294 e. The van der Waals surface area contributed by atoms with E-state index in [0.29, 0.717) is 11.5 Å². The van der Waals surface area contributed by atoms with Gasteiger partial charge in [0, 0.05) is 23.7 Å². The van der Waals surface area contributed by atoms with Crippen LogP contribution in [0.25, 0.3) is 0 Å². The SMILES string of the molecule is COC(Oc1cc(C(C)C)c(Oc2ccc(S(=O)(=O)O)cc2)c(C(C)C)c1)C(C)(C)C. The second-order valence-electron chi connectivity index (χ2n) is 9.34. The molecule has 0 saturated heterocycles. The summed E-state index contributed by atoms with van der Waals surface area (Å²) < 4.78 is 49.8. The zero-order chi connectivity index (χ0) is 23.6. The fraction of sp³-hybridized carbons (Fsp3) is 0.500. The molecule has 0 spiro atoms. The van der Waals surface area contributed by atoms with Crippen molar-refractivity contribution in [2.24, 2.45) is 5.41 Å². The summed E-state index contributed by atoms with van der Waals surface area (Å²) in [6, 6.07) is 9.63. The zero-order valence-electron chi connectivity index (χ0n) is 19.6. The Morgan fingerprint density at radius 1 is 0.871 bits per heavy atom. The summed E-state index contributed by atoms with van der Waals surface area (Å²) in [5.41, 5.74) is 1.75. The van der Waals surface area contributed by atoms with E-state index in [1.54, 1.807) is 7.11 Å². The molecule has 0 aromatic heterocycles. The van der Waals surface area contributed by atoms with E-state index in [1.807, 2.05) is 12.1 Å². The molecule has 7 heteroatoms. The van der Waals surface area contributed by atoms with Crippen LogP contribution in [0.2, 0.25) is 0 Å². The van der Waals surface area contributed by atoms with Crippen LogP contribution in [0.5, 0.6) is 17.2 Å². The predicted molar refractivity (Wildman–Crippen MR) is 122 cm³/mol. The number of rotatable bonds is 8. The highest BCUT2D eigenvalue weighted by molar-refractivity contribution is 7.85. The van der Waals surface area contributed by atoms with E-state index < -0.39 is 16.4 Å². The van der Waals surface area contributed by atoms with Crippen LogP contribution in [0.4, 0.5) is 0 Å². The van der Waals surface area contributed by atoms with Gasteiger partial charge in [-0.1, -0.05) is 48.5 Å². The molecule has 0 amide bonds. The monoisotopic (exact) mass is 450 g/mol. The van der Waals surface area contributed by atoms with Crippen LogP contribution in [-0.4, -0.2) is 26.4 Å². The van der Waals surface area contributed by atoms with E-state index in [0.717, 1.165) is 16.9 Å². The summed E-state index contributed by atoms with van der Waals surface area (Å²) in [6.45, 7) is 14.5. The van der Waals surface area contributed by atoms with Crippen LogP contribution >= 0.6 is 0 Å². The molecule has 0 fully saturated rings. The molecule has 1 atom stereocenters. The first-order valence-electron chi connectivity index (χ1n) is 10.4. The summed E-state index contributed by atoms with van der Waals surface area (Å²) in [5, 5.41) is 0. The molecule has 0 aliphatic heterocycles. The smallest absolute Gasteiger partial charge is 0.294 e. The molecule has 31 heavy (non-hydrogen) atoms. The molecule has 0 heterocycles. The number of hydrogen-bond acceptors (Lipinski definition) is 5. The Bertz CT molecular complexity index is 957. The van der Waals surface area contributed by atoms with Crippen molar-refractivity contribution >= 4 is 10.1 Å². The molecule has 2 rings (SSSR count). The Hall–Kier alpha value is -2.09. The van der Waals surface area contributed by atoms with E-state index in [9.17, 15) is 13.0 Å². The summed E-state index contributed by atoms with van der Waals surface area (Å²) in [5.74, 6) is 2.23.